The fraction of sp³-hybridized carbons (Fsp3) is 0.308. The molecule has 0 saturated carbocycles. The van der Waals surface area contributed by atoms with Gasteiger partial charge in [0, 0.05) is 30.4 Å². The zero-order valence-corrected chi connectivity index (χ0v) is 19.1. The van der Waals surface area contributed by atoms with Gasteiger partial charge in [0.25, 0.3) is 0 Å². The van der Waals surface area contributed by atoms with Gasteiger partial charge in [-0.2, -0.15) is 0 Å². The third-order valence-corrected chi connectivity index (χ3v) is 5.07. The maximum atomic E-state index is 12.3. The minimum absolute atomic E-state index is 0.123. The topological polar surface area (TPSA) is 87.6 Å². The molecule has 0 N–H and O–H groups in total. The molecule has 0 aliphatic carbocycles. The summed E-state index contributed by atoms with van der Waals surface area (Å²) in [5, 5.41) is 0. The number of ketones is 1. The van der Waals surface area contributed by atoms with Crippen LogP contribution in [-0.2, 0) is 16.1 Å². The van der Waals surface area contributed by atoms with Crippen molar-refractivity contribution in [1.82, 2.24) is 9.97 Å². The summed E-state index contributed by atoms with van der Waals surface area (Å²) in [6.07, 6.45) is 4.99. The van der Waals surface area contributed by atoms with Crippen LogP contribution in [0.3, 0.4) is 0 Å². The van der Waals surface area contributed by atoms with E-state index in [2.05, 4.69) is 9.97 Å². The van der Waals surface area contributed by atoms with Crippen molar-refractivity contribution in [2.24, 2.45) is 0 Å². The Bertz CT molecular complexity index is 1090. The summed E-state index contributed by atoms with van der Waals surface area (Å²) in [5.41, 5.74) is 3.25. The first-order chi connectivity index (χ1) is 16.0. The first kappa shape index (κ1) is 23.9. The second-order valence-electron chi connectivity index (χ2n) is 7.56. The quantitative estimate of drug-likeness (QED) is 0.300. The number of hydrogen-bond acceptors (Lipinski definition) is 7. The first-order valence-corrected chi connectivity index (χ1v) is 10.9. The van der Waals surface area contributed by atoms with E-state index >= 15 is 0 Å². The first-order valence-electron chi connectivity index (χ1n) is 10.9. The van der Waals surface area contributed by atoms with E-state index in [1.54, 1.807) is 37.5 Å². The third-order valence-electron chi connectivity index (χ3n) is 5.07. The molecule has 7 nitrogen and oxygen atoms in total. The van der Waals surface area contributed by atoms with Crippen molar-refractivity contribution in [2.75, 3.05) is 6.61 Å². The van der Waals surface area contributed by atoms with Crippen LogP contribution in [0.4, 0.5) is 0 Å². The number of esters is 1. The van der Waals surface area contributed by atoms with E-state index in [1.165, 1.54) is 13.3 Å². The molecule has 1 aromatic heterocycles. The van der Waals surface area contributed by atoms with E-state index in [-0.39, 0.29) is 24.8 Å². The summed E-state index contributed by atoms with van der Waals surface area (Å²) in [5.74, 6) is 0.546. The number of ether oxygens (including phenoxy) is 3. The van der Waals surface area contributed by atoms with Gasteiger partial charge in [-0.3, -0.25) is 9.59 Å². The van der Waals surface area contributed by atoms with Crippen LogP contribution in [-0.4, -0.2) is 28.3 Å². The number of hydrogen-bond donors (Lipinski definition) is 0. The lowest BCUT2D eigenvalue weighted by Gasteiger charge is -2.23. The Morgan fingerprint density at radius 3 is 2.52 bits per heavy atom. The Morgan fingerprint density at radius 1 is 1.06 bits per heavy atom. The van der Waals surface area contributed by atoms with Gasteiger partial charge >= 0.3 is 5.97 Å². The highest BCUT2D eigenvalue weighted by atomic mass is 16.5. The molecule has 0 spiro atoms. The highest BCUT2D eigenvalue weighted by Crippen LogP contribution is 2.33. The number of aryl methyl sites for hydroxylation is 1. The standard InChI is InChI=1S/C26H28N2O5/c1-4-31-26(30)12-11-24(22-8-6-5-7-18(22)2)33-25-13-21(9-10-23(25)19(3)29)32-16-20-14-27-17-28-15-20/h5-10,13-15,17,24H,4,11-12,16H2,1-3H3. The second-order valence-corrected chi connectivity index (χ2v) is 7.56. The Kier molecular flexibility index (Phi) is 8.52. The summed E-state index contributed by atoms with van der Waals surface area (Å²) < 4.78 is 17.3. The normalized spacial score (nSPS) is 11.5. The summed E-state index contributed by atoms with van der Waals surface area (Å²) >= 11 is 0. The molecule has 0 aliphatic rings. The number of carbonyl (C=O) groups is 2. The summed E-state index contributed by atoms with van der Waals surface area (Å²) in [7, 11) is 0. The van der Waals surface area contributed by atoms with Crippen molar-refractivity contribution in [3.63, 3.8) is 0 Å². The number of nitrogens with zero attached hydrogens (tertiary/aromatic N) is 2. The lowest BCUT2D eigenvalue weighted by Crippen LogP contribution is -2.14. The average molecular weight is 449 g/mol. The van der Waals surface area contributed by atoms with Gasteiger partial charge in [-0.25, -0.2) is 9.97 Å². The van der Waals surface area contributed by atoms with Crippen LogP contribution in [0, 0.1) is 6.92 Å². The Labute approximate surface area is 193 Å². The van der Waals surface area contributed by atoms with Gasteiger partial charge in [-0.05, 0) is 50.5 Å². The largest absolute Gasteiger partial charge is 0.489 e. The number of Topliss-reactive ketones (excluding diaryl/α,β-unsaturated/α-hetero) is 1. The monoisotopic (exact) mass is 448 g/mol. The zero-order chi connectivity index (χ0) is 23.6. The molecule has 0 saturated heterocycles. The zero-order valence-electron chi connectivity index (χ0n) is 19.1. The molecule has 2 aromatic carbocycles. The third kappa shape index (κ3) is 6.87. The molecular weight excluding hydrogens is 420 g/mol. The van der Waals surface area contributed by atoms with E-state index in [0.717, 1.165) is 16.7 Å². The average Bonchev–Trinajstić information content (AvgIpc) is 2.81. The molecule has 0 bridgehead atoms. The lowest BCUT2D eigenvalue weighted by atomic mass is 9.99. The van der Waals surface area contributed by atoms with Gasteiger partial charge in [-0.15, -0.1) is 0 Å². The van der Waals surface area contributed by atoms with Gasteiger partial charge in [-0.1, -0.05) is 24.3 Å². The molecular formula is C26H28N2O5. The highest BCUT2D eigenvalue weighted by molar-refractivity contribution is 5.97. The van der Waals surface area contributed by atoms with E-state index in [0.29, 0.717) is 30.1 Å². The molecule has 3 rings (SSSR count). The summed E-state index contributed by atoms with van der Waals surface area (Å²) in [6.45, 7) is 5.87. The fourth-order valence-corrected chi connectivity index (χ4v) is 3.41. The van der Waals surface area contributed by atoms with Gasteiger partial charge < -0.3 is 14.2 Å². The van der Waals surface area contributed by atoms with Crippen molar-refractivity contribution in [1.29, 1.82) is 0 Å². The number of benzene rings is 2. The van der Waals surface area contributed by atoms with E-state index in [9.17, 15) is 9.59 Å². The van der Waals surface area contributed by atoms with Crippen LogP contribution in [0.2, 0.25) is 0 Å². The van der Waals surface area contributed by atoms with Crippen LogP contribution in [0.5, 0.6) is 11.5 Å². The predicted molar refractivity (Wildman–Crippen MR) is 123 cm³/mol. The van der Waals surface area contributed by atoms with Gasteiger partial charge in [0.2, 0.25) is 0 Å². The van der Waals surface area contributed by atoms with E-state index in [4.69, 9.17) is 14.2 Å². The Balaban J connectivity index is 1.86. The molecule has 0 aliphatic heterocycles. The smallest absolute Gasteiger partial charge is 0.305 e. The Hall–Kier alpha value is -3.74. The van der Waals surface area contributed by atoms with Crippen molar-refractivity contribution in [2.45, 2.75) is 46.3 Å². The van der Waals surface area contributed by atoms with Crippen molar-refractivity contribution >= 4 is 11.8 Å². The van der Waals surface area contributed by atoms with Gasteiger partial charge in [0.05, 0.1) is 12.2 Å². The van der Waals surface area contributed by atoms with E-state index in [1.807, 2.05) is 31.2 Å². The summed E-state index contributed by atoms with van der Waals surface area (Å²) in [4.78, 5) is 32.3. The van der Waals surface area contributed by atoms with Crippen molar-refractivity contribution in [3.05, 3.63) is 83.4 Å². The maximum Gasteiger partial charge on any atom is 0.305 e. The molecule has 0 amide bonds. The molecule has 3 aromatic rings. The minimum Gasteiger partial charge on any atom is -0.489 e. The molecule has 1 unspecified atom stereocenters. The molecule has 0 radical (unpaired) electrons. The lowest BCUT2D eigenvalue weighted by molar-refractivity contribution is -0.143. The van der Waals surface area contributed by atoms with Gasteiger partial charge in [0.15, 0.2) is 5.78 Å². The highest BCUT2D eigenvalue weighted by Gasteiger charge is 2.21. The molecule has 1 atom stereocenters. The number of aromatic nitrogens is 2. The minimum atomic E-state index is -0.438. The van der Waals surface area contributed by atoms with Crippen LogP contribution in [0.15, 0.2) is 61.2 Å². The molecule has 172 valence electrons. The van der Waals surface area contributed by atoms with Gasteiger partial charge in [0.1, 0.15) is 30.5 Å². The maximum absolute atomic E-state index is 12.3. The van der Waals surface area contributed by atoms with Crippen LogP contribution < -0.4 is 9.47 Å². The van der Waals surface area contributed by atoms with Crippen LogP contribution in [0.25, 0.3) is 0 Å². The van der Waals surface area contributed by atoms with Crippen molar-refractivity contribution in [3.8, 4) is 11.5 Å². The predicted octanol–water partition coefficient (Wildman–Crippen LogP) is 5.03. The van der Waals surface area contributed by atoms with Crippen molar-refractivity contribution < 1.29 is 23.8 Å². The SMILES string of the molecule is CCOC(=O)CCC(Oc1cc(OCc2cncnc2)ccc1C(C)=O)c1ccccc1C. The second kappa shape index (κ2) is 11.8. The molecule has 1 heterocycles. The fourth-order valence-electron chi connectivity index (χ4n) is 3.41. The summed E-state index contributed by atoms with van der Waals surface area (Å²) in [6, 6.07) is 13.0. The van der Waals surface area contributed by atoms with Crippen LogP contribution >= 0.6 is 0 Å². The number of carbonyl (C=O) groups excluding carboxylic acids is 2. The molecule has 7 heteroatoms. The Morgan fingerprint density at radius 2 is 1.82 bits per heavy atom. The van der Waals surface area contributed by atoms with E-state index < -0.39 is 6.10 Å². The molecule has 0 fully saturated rings. The molecule has 33 heavy (non-hydrogen) atoms. The number of rotatable bonds is 11. The van der Waals surface area contributed by atoms with Crippen LogP contribution in [0.1, 0.15) is 59.8 Å².